The molecule has 1 heterocycles. The standard InChI is InChI=1S/C21H17ClN2O6S/c1-2-29-14-6-4-13(5-7-14)24-20(28)15(19(27)23-21(24)31)9-12-3-8-17(16(22)10-12)30-11-18(25)26/h3-10H,2,11H2,1H3,(H,25,26)(H,23,27,31)/b15-9-. The molecule has 10 heteroatoms. The second kappa shape index (κ2) is 9.59. The summed E-state index contributed by atoms with van der Waals surface area (Å²) >= 11 is 11.3. The Morgan fingerprint density at radius 1 is 1.19 bits per heavy atom. The van der Waals surface area contributed by atoms with Crippen molar-refractivity contribution in [1.29, 1.82) is 0 Å². The van der Waals surface area contributed by atoms with E-state index in [1.807, 2.05) is 6.92 Å². The van der Waals surface area contributed by atoms with Gasteiger partial charge in [0.05, 0.1) is 17.3 Å². The molecule has 1 saturated heterocycles. The highest BCUT2D eigenvalue weighted by Crippen LogP contribution is 2.28. The van der Waals surface area contributed by atoms with Crippen LogP contribution in [0.25, 0.3) is 6.08 Å². The first kappa shape index (κ1) is 22.3. The van der Waals surface area contributed by atoms with Gasteiger partial charge in [0.1, 0.15) is 17.1 Å². The second-order valence-electron chi connectivity index (χ2n) is 6.26. The third kappa shape index (κ3) is 5.19. The first-order valence-electron chi connectivity index (χ1n) is 9.08. The number of halogens is 1. The fraction of sp³-hybridized carbons (Fsp3) is 0.143. The minimum atomic E-state index is -1.14. The molecule has 3 rings (SSSR count). The van der Waals surface area contributed by atoms with Crippen LogP contribution in [0.2, 0.25) is 5.02 Å². The Bertz CT molecular complexity index is 1080. The highest BCUT2D eigenvalue weighted by atomic mass is 35.5. The summed E-state index contributed by atoms with van der Waals surface area (Å²) in [6, 6.07) is 11.2. The number of benzene rings is 2. The van der Waals surface area contributed by atoms with E-state index in [9.17, 15) is 14.4 Å². The van der Waals surface area contributed by atoms with E-state index in [0.717, 1.165) is 0 Å². The first-order valence-corrected chi connectivity index (χ1v) is 9.87. The predicted molar refractivity (Wildman–Crippen MR) is 118 cm³/mol. The molecule has 2 N–H and O–H groups in total. The fourth-order valence-electron chi connectivity index (χ4n) is 2.78. The van der Waals surface area contributed by atoms with E-state index in [0.29, 0.717) is 23.6 Å². The number of aliphatic carboxylic acids is 1. The number of nitrogens with zero attached hydrogens (tertiary/aromatic N) is 1. The Hall–Kier alpha value is -3.43. The van der Waals surface area contributed by atoms with E-state index < -0.39 is 24.4 Å². The molecule has 0 radical (unpaired) electrons. The van der Waals surface area contributed by atoms with Gasteiger partial charge in [0.2, 0.25) is 0 Å². The Balaban J connectivity index is 1.88. The van der Waals surface area contributed by atoms with Crippen molar-refractivity contribution in [1.82, 2.24) is 5.32 Å². The monoisotopic (exact) mass is 460 g/mol. The maximum absolute atomic E-state index is 13.0. The van der Waals surface area contributed by atoms with Gasteiger partial charge in [0, 0.05) is 0 Å². The molecular formula is C21H17ClN2O6S. The summed E-state index contributed by atoms with van der Waals surface area (Å²) in [4.78, 5) is 37.3. The molecule has 0 aliphatic carbocycles. The van der Waals surface area contributed by atoms with Gasteiger partial charge in [-0.25, -0.2) is 4.79 Å². The van der Waals surface area contributed by atoms with Gasteiger partial charge in [0.25, 0.3) is 11.8 Å². The molecular weight excluding hydrogens is 444 g/mol. The van der Waals surface area contributed by atoms with Crippen molar-refractivity contribution >= 4 is 58.5 Å². The Kier molecular flexibility index (Phi) is 6.88. The van der Waals surface area contributed by atoms with Gasteiger partial charge in [-0.1, -0.05) is 17.7 Å². The lowest BCUT2D eigenvalue weighted by atomic mass is 10.1. The number of hydrogen-bond acceptors (Lipinski definition) is 6. The molecule has 0 unspecified atom stereocenters. The number of thiocarbonyl (C=S) groups is 1. The number of rotatable bonds is 7. The van der Waals surface area contributed by atoms with Crippen LogP contribution in [-0.4, -0.2) is 41.2 Å². The molecule has 0 spiro atoms. The molecule has 31 heavy (non-hydrogen) atoms. The van der Waals surface area contributed by atoms with Crippen LogP contribution in [0.3, 0.4) is 0 Å². The molecule has 2 aromatic carbocycles. The van der Waals surface area contributed by atoms with E-state index in [1.54, 1.807) is 30.3 Å². The van der Waals surface area contributed by atoms with Gasteiger partial charge in [-0.15, -0.1) is 0 Å². The molecule has 8 nitrogen and oxygen atoms in total. The summed E-state index contributed by atoms with van der Waals surface area (Å²) in [5, 5.41) is 11.3. The smallest absolute Gasteiger partial charge is 0.341 e. The molecule has 160 valence electrons. The van der Waals surface area contributed by atoms with Crippen LogP contribution in [0.1, 0.15) is 12.5 Å². The van der Waals surface area contributed by atoms with Crippen molar-refractivity contribution in [2.24, 2.45) is 0 Å². The van der Waals surface area contributed by atoms with Crippen LogP contribution < -0.4 is 19.7 Å². The average Bonchev–Trinajstić information content (AvgIpc) is 2.71. The number of nitrogens with one attached hydrogen (secondary N) is 1. The van der Waals surface area contributed by atoms with Gasteiger partial charge < -0.3 is 14.6 Å². The lowest BCUT2D eigenvalue weighted by Gasteiger charge is -2.29. The summed E-state index contributed by atoms with van der Waals surface area (Å²) in [5.41, 5.74) is 0.781. The number of ether oxygens (including phenoxy) is 2. The van der Waals surface area contributed by atoms with Gasteiger partial charge >= 0.3 is 5.97 Å². The number of hydrogen-bond donors (Lipinski definition) is 2. The highest BCUT2D eigenvalue weighted by Gasteiger charge is 2.34. The number of carboxylic acid groups (broad SMARTS) is 1. The van der Waals surface area contributed by atoms with Crippen molar-refractivity contribution in [2.45, 2.75) is 6.92 Å². The largest absolute Gasteiger partial charge is 0.494 e. The lowest BCUT2D eigenvalue weighted by molar-refractivity contribution is -0.139. The van der Waals surface area contributed by atoms with Gasteiger partial charge in [-0.3, -0.25) is 19.8 Å². The van der Waals surface area contributed by atoms with Crippen LogP contribution in [0.4, 0.5) is 5.69 Å². The number of carbonyl (C=O) groups excluding carboxylic acids is 2. The number of amides is 2. The van der Waals surface area contributed by atoms with E-state index in [-0.39, 0.29) is 21.5 Å². The van der Waals surface area contributed by atoms with Crippen LogP contribution in [0.5, 0.6) is 11.5 Å². The molecule has 0 aromatic heterocycles. The number of anilines is 1. The fourth-order valence-corrected chi connectivity index (χ4v) is 3.30. The number of carbonyl (C=O) groups is 3. The third-order valence-electron chi connectivity index (χ3n) is 4.13. The zero-order chi connectivity index (χ0) is 22.5. The Morgan fingerprint density at radius 2 is 1.90 bits per heavy atom. The van der Waals surface area contributed by atoms with E-state index in [4.69, 9.17) is 38.4 Å². The van der Waals surface area contributed by atoms with Crippen molar-refractivity contribution in [3.05, 3.63) is 58.6 Å². The maximum Gasteiger partial charge on any atom is 0.341 e. The molecule has 2 amide bonds. The summed E-state index contributed by atoms with van der Waals surface area (Å²) in [5.74, 6) is -1.57. The summed E-state index contributed by atoms with van der Waals surface area (Å²) < 4.78 is 10.5. The molecule has 1 aliphatic heterocycles. The summed E-state index contributed by atoms with van der Waals surface area (Å²) in [6.45, 7) is 1.82. The second-order valence-corrected chi connectivity index (χ2v) is 7.05. The average molecular weight is 461 g/mol. The lowest BCUT2D eigenvalue weighted by Crippen LogP contribution is -2.54. The zero-order valence-corrected chi connectivity index (χ0v) is 17.8. The maximum atomic E-state index is 13.0. The minimum Gasteiger partial charge on any atom is -0.494 e. The molecule has 0 bridgehead atoms. The predicted octanol–water partition coefficient (Wildman–Crippen LogP) is 3.03. The molecule has 2 aromatic rings. The zero-order valence-electron chi connectivity index (χ0n) is 16.3. The molecule has 0 saturated carbocycles. The van der Waals surface area contributed by atoms with Gasteiger partial charge in [-0.2, -0.15) is 0 Å². The summed E-state index contributed by atoms with van der Waals surface area (Å²) in [7, 11) is 0. The molecule has 0 atom stereocenters. The van der Waals surface area contributed by atoms with Gasteiger partial charge in [-0.05, 0) is 67.2 Å². The normalized spacial score (nSPS) is 15.1. The van der Waals surface area contributed by atoms with Crippen LogP contribution in [-0.2, 0) is 14.4 Å². The molecule has 1 aliphatic rings. The van der Waals surface area contributed by atoms with Crippen LogP contribution in [0.15, 0.2) is 48.0 Å². The summed E-state index contributed by atoms with van der Waals surface area (Å²) in [6.07, 6.45) is 1.37. The van der Waals surface area contributed by atoms with Crippen molar-refractivity contribution < 1.29 is 29.0 Å². The van der Waals surface area contributed by atoms with Crippen LogP contribution >= 0.6 is 23.8 Å². The van der Waals surface area contributed by atoms with Crippen molar-refractivity contribution in [3.8, 4) is 11.5 Å². The topological polar surface area (TPSA) is 105 Å². The van der Waals surface area contributed by atoms with Crippen molar-refractivity contribution in [3.63, 3.8) is 0 Å². The molecule has 1 fully saturated rings. The third-order valence-corrected chi connectivity index (χ3v) is 4.71. The Morgan fingerprint density at radius 3 is 2.52 bits per heavy atom. The quantitative estimate of drug-likeness (QED) is 0.371. The SMILES string of the molecule is CCOc1ccc(N2C(=O)/C(=C\c3ccc(OCC(=O)O)c(Cl)c3)C(=O)NC2=S)cc1. The highest BCUT2D eigenvalue weighted by molar-refractivity contribution is 7.80. The van der Waals surface area contributed by atoms with Gasteiger partial charge in [0.15, 0.2) is 11.7 Å². The number of carboxylic acids is 1. The minimum absolute atomic E-state index is 0.0354. The Labute approximate surface area is 188 Å². The van der Waals surface area contributed by atoms with E-state index in [2.05, 4.69) is 5.32 Å². The van der Waals surface area contributed by atoms with Crippen LogP contribution in [0, 0.1) is 0 Å². The van der Waals surface area contributed by atoms with Crippen molar-refractivity contribution in [2.75, 3.05) is 18.1 Å². The van der Waals surface area contributed by atoms with E-state index >= 15 is 0 Å². The van der Waals surface area contributed by atoms with E-state index in [1.165, 1.54) is 23.1 Å². The first-order chi connectivity index (χ1) is 14.8.